The minimum Gasteiger partial charge on any atom is -0.340 e. The minimum atomic E-state index is -0.545. The molecular formula is C22H21ClF2N4OS. The van der Waals surface area contributed by atoms with E-state index in [4.69, 9.17) is 11.6 Å². The van der Waals surface area contributed by atoms with Gasteiger partial charge in [0.2, 0.25) is 5.91 Å². The lowest BCUT2D eigenvalue weighted by Crippen LogP contribution is -2.33. The molecule has 0 saturated heterocycles. The van der Waals surface area contributed by atoms with Crippen molar-refractivity contribution in [2.45, 2.75) is 30.4 Å². The molecule has 0 aliphatic carbocycles. The van der Waals surface area contributed by atoms with Gasteiger partial charge in [-0.25, -0.2) is 8.78 Å². The summed E-state index contributed by atoms with van der Waals surface area (Å²) in [6, 6.07) is 10.7. The van der Waals surface area contributed by atoms with E-state index in [1.165, 1.54) is 34.9 Å². The summed E-state index contributed by atoms with van der Waals surface area (Å²) >= 11 is 7.26. The van der Waals surface area contributed by atoms with Gasteiger partial charge >= 0.3 is 0 Å². The summed E-state index contributed by atoms with van der Waals surface area (Å²) in [4.78, 5) is 14.3. The number of aromatic nitrogens is 3. The molecule has 0 saturated carbocycles. The Morgan fingerprint density at radius 1 is 1.23 bits per heavy atom. The molecule has 9 heteroatoms. The average molecular weight is 463 g/mol. The number of amides is 1. The molecule has 0 N–H and O–H groups in total. The number of hydrogen-bond acceptors (Lipinski definition) is 4. The molecule has 1 atom stereocenters. The van der Waals surface area contributed by atoms with Crippen LogP contribution in [0.4, 0.5) is 8.78 Å². The largest absolute Gasteiger partial charge is 0.340 e. The van der Waals surface area contributed by atoms with Gasteiger partial charge in [-0.15, -0.1) is 16.8 Å². The van der Waals surface area contributed by atoms with Crippen LogP contribution in [0.15, 0.2) is 60.3 Å². The highest BCUT2D eigenvalue weighted by Gasteiger charge is 2.24. The van der Waals surface area contributed by atoms with Crippen molar-refractivity contribution in [1.82, 2.24) is 19.7 Å². The lowest BCUT2D eigenvalue weighted by atomic mass is 10.2. The van der Waals surface area contributed by atoms with Crippen molar-refractivity contribution >= 4 is 29.3 Å². The predicted molar refractivity (Wildman–Crippen MR) is 119 cm³/mol. The van der Waals surface area contributed by atoms with Crippen molar-refractivity contribution in [1.29, 1.82) is 0 Å². The number of thioether (sulfide) groups is 1. The molecule has 1 heterocycles. The first-order valence-electron chi connectivity index (χ1n) is 9.47. The number of rotatable bonds is 8. The molecule has 162 valence electrons. The zero-order valence-electron chi connectivity index (χ0n) is 17.1. The van der Waals surface area contributed by atoms with E-state index in [1.807, 2.05) is 0 Å². The van der Waals surface area contributed by atoms with Crippen molar-refractivity contribution in [3.05, 3.63) is 77.3 Å². The van der Waals surface area contributed by atoms with Crippen LogP contribution in [0.5, 0.6) is 0 Å². The van der Waals surface area contributed by atoms with E-state index < -0.39 is 16.9 Å². The van der Waals surface area contributed by atoms with Crippen LogP contribution in [0, 0.1) is 11.6 Å². The standard InChI is InChI=1S/C22H21ClF2N4OS/c1-4-12-29-20(15-8-5-6-10-18(15)24)26-27-22(29)31-14(2)21(30)28(3)13-16-17(23)9-7-11-19(16)25/h4-11,14H,1,12-13H2,2-3H3. The summed E-state index contributed by atoms with van der Waals surface area (Å²) in [5.41, 5.74) is 0.572. The first kappa shape index (κ1) is 23.0. The number of allylic oxidation sites excluding steroid dienone is 1. The van der Waals surface area contributed by atoms with Crippen LogP contribution in [0.2, 0.25) is 5.02 Å². The molecule has 2 aromatic carbocycles. The van der Waals surface area contributed by atoms with E-state index >= 15 is 0 Å². The SMILES string of the molecule is C=CCn1c(SC(C)C(=O)N(C)Cc2c(F)cccc2Cl)nnc1-c1ccccc1F. The number of hydrogen-bond donors (Lipinski definition) is 0. The number of nitrogens with zero attached hydrogens (tertiary/aromatic N) is 4. The Morgan fingerprint density at radius 2 is 1.94 bits per heavy atom. The highest BCUT2D eigenvalue weighted by molar-refractivity contribution is 8.00. The second-order valence-corrected chi connectivity index (χ2v) is 8.56. The Labute approximate surface area is 188 Å². The Kier molecular flexibility index (Phi) is 7.46. The molecule has 5 nitrogen and oxygen atoms in total. The molecule has 0 radical (unpaired) electrons. The zero-order chi connectivity index (χ0) is 22.5. The summed E-state index contributed by atoms with van der Waals surface area (Å²) in [6.45, 7) is 5.85. The van der Waals surface area contributed by atoms with E-state index in [2.05, 4.69) is 16.8 Å². The van der Waals surface area contributed by atoms with E-state index in [9.17, 15) is 13.6 Å². The highest BCUT2D eigenvalue weighted by atomic mass is 35.5. The van der Waals surface area contributed by atoms with Gasteiger partial charge in [0.1, 0.15) is 11.6 Å². The number of carbonyl (C=O) groups is 1. The lowest BCUT2D eigenvalue weighted by molar-refractivity contribution is -0.129. The van der Waals surface area contributed by atoms with Gasteiger partial charge in [-0.1, -0.05) is 47.6 Å². The Bertz CT molecular complexity index is 1080. The van der Waals surface area contributed by atoms with Crippen LogP contribution in [-0.2, 0) is 17.9 Å². The third-order valence-corrected chi connectivity index (χ3v) is 6.03. The Morgan fingerprint density at radius 3 is 2.61 bits per heavy atom. The molecule has 31 heavy (non-hydrogen) atoms. The first-order valence-corrected chi connectivity index (χ1v) is 10.7. The first-order chi connectivity index (χ1) is 14.8. The molecule has 3 rings (SSSR count). The zero-order valence-corrected chi connectivity index (χ0v) is 18.6. The summed E-state index contributed by atoms with van der Waals surface area (Å²) < 4.78 is 30.0. The highest BCUT2D eigenvalue weighted by Crippen LogP contribution is 2.29. The maximum absolute atomic E-state index is 14.3. The summed E-state index contributed by atoms with van der Waals surface area (Å²) in [5, 5.41) is 8.46. The van der Waals surface area contributed by atoms with Crippen molar-refractivity contribution in [3.8, 4) is 11.4 Å². The van der Waals surface area contributed by atoms with Crippen molar-refractivity contribution in [2.75, 3.05) is 7.05 Å². The second-order valence-electron chi connectivity index (χ2n) is 6.84. The molecule has 0 spiro atoms. The molecular weight excluding hydrogens is 442 g/mol. The topological polar surface area (TPSA) is 51.0 Å². The monoisotopic (exact) mass is 462 g/mol. The second kappa shape index (κ2) is 10.1. The maximum atomic E-state index is 14.3. The average Bonchev–Trinajstić information content (AvgIpc) is 3.12. The van der Waals surface area contributed by atoms with E-state index in [0.717, 1.165) is 0 Å². The van der Waals surface area contributed by atoms with Crippen LogP contribution in [0.1, 0.15) is 12.5 Å². The van der Waals surface area contributed by atoms with Gasteiger partial charge < -0.3 is 4.90 Å². The third kappa shape index (κ3) is 5.14. The summed E-state index contributed by atoms with van der Waals surface area (Å²) in [6.07, 6.45) is 1.65. The fourth-order valence-electron chi connectivity index (χ4n) is 3.03. The van der Waals surface area contributed by atoms with Crippen LogP contribution in [0.3, 0.4) is 0 Å². The smallest absolute Gasteiger partial charge is 0.235 e. The van der Waals surface area contributed by atoms with Crippen LogP contribution in [0.25, 0.3) is 11.4 Å². The third-order valence-electron chi connectivity index (χ3n) is 4.61. The normalized spacial score (nSPS) is 11.9. The van der Waals surface area contributed by atoms with E-state index in [-0.39, 0.29) is 23.0 Å². The van der Waals surface area contributed by atoms with Gasteiger partial charge in [-0.3, -0.25) is 9.36 Å². The fourth-order valence-corrected chi connectivity index (χ4v) is 4.22. The molecule has 3 aromatic rings. The van der Waals surface area contributed by atoms with Gasteiger partial charge in [0.05, 0.1) is 10.8 Å². The Balaban J connectivity index is 1.79. The van der Waals surface area contributed by atoms with Crippen LogP contribution < -0.4 is 0 Å². The van der Waals surface area contributed by atoms with Crippen molar-refractivity contribution in [3.63, 3.8) is 0 Å². The van der Waals surface area contributed by atoms with Gasteiger partial charge in [0.25, 0.3) is 0 Å². The molecule has 1 amide bonds. The van der Waals surface area contributed by atoms with Gasteiger partial charge in [-0.05, 0) is 31.2 Å². The molecule has 1 unspecified atom stereocenters. The fraction of sp³-hybridized carbons (Fsp3) is 0.227. The van der Waals surface area contributed by atoms with Gasteiger partial charge in [0, 0.05) is 30.7 Å². The number of benzene rings is 2. The molecule has 0 fully saturated rings. The molecule has 1 aromatic heterocycles. The summed E-state index contributed by atoms with van der Waals surface area (Å²) in [7, 11) is 1.58. The molecule has 0 aliphatic heterocycles. The molecule has 0 bridgehead atoms. The summed E-state index contributed by atoms with van der Waals surface area (Å²) in [5.74, 6) is -0.758. The predicted octanol–water partition coefficient (Wildman–Crippen LogP) is 5.20. The van der Waals surface area contributed by atoms with Crippen molar-refractivity contribution < 1.29 is 13.6 Å². The lowest BCUT2D eigenvalue weighted by Gasteiger charge is -2.22. The van der Waals surface area contributed by atoms with Gasteiger partial charge in [-0.2, -0.15) is 0 Å². The van der Waals surface area contributed by atoms with Crippen molar-refractivity contribution in [2.24, 2.45) is 0 Å². The Hall–Kier alpha value is -2.71. The number of carbonyl (C=O) groups excluding carboxylic acids is 1. The molecule has 0 aliphatic rings. The van der Waals surface area contributed by atoms with E-state index in [1.54, 1.807) is 48.9 Å². The minimum absolute atomic E-state index is 0.0368. The van der Waals surface area contributed by atoms with Crippen LogP contribution >= 0.6 is 23.4 Å². The van der Waals surface area contributed by atoms with Crippen LogP contribution in [-0.4, -0.2) is 37.9 Å². The quantitative estimate of drug-likeness (QED) is 0.341. The van der Waals surface area contributed by atoms with Gasteiger partial charge in [0.15, 0.2) is 11.0 Å². The maximum Gasteiger partial charge on any atom is 0.235 e. The number of halogens is 3. The van der Waals surface area contributed by atoms with E-state index in [0.29, 0.717) is 23.1 Å².